The number of hydrogen-bond acceptors (Lipinski definition) is 3. The summed E-state index contributed by atoms with van der Waals surface area (Å²) in [4.78, 5) is 2.60. The fourth-order valence-corrected chi connectivity index (χ4v) is 2.25. The first-order chi connectivity index (χ1) is 7.24. The molecule has 15 heavy (non-hydrogen) atoms. The topological polar surface area (TPSA) is 24.5 Å². The highest BCUT2D eigenvalue weighted by Gasteiger charge is 2.21. The van der Waals surface area contributed by atoms with Crippen molar-refractivity contribution < 1.29 is 4.74 Å². The Hall–Kier alpha value is -0.120. The van der Waals surface area contributed by atoms with E-state index in [1.54, 1.807) is 0 Å². The monoisotopic (exact) mass is 214 g/mol. The van der Waals surface area contributed by atoms with Gasteiger partial charge in [0.15, 0.2) is 0 Å². The van der Waals surface area contributed by atoms with Crippen molar-refractivity contribution in [3.63, 3.8) is 0 Å². The third-order valence-electron chi connectivity index (χ3n) is 3.03. The molecule has 1 unspecified atom stereocenters. The Balaban J connectivity index is 2.37. The number of morpholine rings is 1. The molecule has 3 nitrogen and oxygen atoms in total. The van der Waals surface area contributed by atoms with E-state index in [-0.39, 0.29) is 0 Å². The average molecular weight is 214 g/mol. The molecule has 0 spiro atoms. The largest absolute Gasteiger partial charge is 0.379 e. The van der Waals surface area contributed by atoms with Gasteiger partial charge in [-0.2, -0.15) is 0 Å². The lowest BCUT2D eigenvalue weighted by atomic mass is 9.99. The SMILES string of the molecule is CNCCC(CC(C)C)N1CCOCC1. The van der Waals surface area contributed by atoms with Crippen LogP contribution in [0, 0.1) is 5.92 Å². The number of ether oxygens (including phenoxy) is 1. The Bertz CT molecular complexity index is 156. The van der Waals surface area contributed by atoms with Gasteiger partial charge in [0.2, 0.25) is 0 Å². The maximum atomic E-state index is 5.40. The van der Waals surface area contributed by atoms with E-state index >= 15 is 0 Å². The van der Waals surface area contributed by atoms with Crippen molar-refractivity contribution in [1.29, 1.82) is 0 Å². The molecule has 1 heterocycles. The summed E-state index contributed by atoms with van der Waals surface area (Å²) in [5.74, 6) is 0.787. The minimum absolute atomic E-state index is 0.737. The molecular weight excluding hydrogens is 188 g/mol. The molecule has 0 aromatic heterocycles. The molecule has 1 rings (SSSR count). The minimum Gasteiger partial charge on any atom is -0.379 e. The van der Waals surface area contributed by atoms with Crippen LogP contribution in [0.25, 0.3) is 0 Å². The second-order valence-corrected chi connectivity index (χ2v) is 4.82. The molecule has 1 saturated heterocycles. The molecule has 0 aliphatic carbocycles. The van der Waals surface area contributed by atoms with Gasteiger partial charge < -0.3 is 10.1 Å². The highest BCUT2D eigenvalue weighted by atomic mass is 16.5. The van der Waals surface area contributed by atoms with E-state index in [1.165, 1.54) is 12.8 Å². The molecule has 90 valence electrons. The minimum atomic E-state index is 0.737. The van der Waals surface area contributed by atoms with Gasteiger partial charge in [0.25, 0.3) is 0 Å². The molecule has 1 fully saturated rings. The van der Waals surface area contributed by atoms with Gasteiger partial charge in [0.05, 0.1) is 13.2 Å². The van der Waals surface area contributed by atoms with Crippen LogP contribution < -0.4 is 5.32 Å². The lowest BCUT2D eigenvalue weighted by molar-refractivity contribution is 0.0105. The van der Waals surface area contributed by atoms with Crippen LogP contribution in [0.1, 0.15) is 26.7 Å². The van der Waals surface area contributed by atoms with E-state index in [2.05, 4.69) is 24.1 Å². The molecule has 0 bridgehead atoms. The average Bonchev–Trinajstić information content (AvgIpc) is 2.25. The van der Waals surface area contributed by atoms with E-state index in [0.717, 1.165) is 44.8 Å². The van der Waals surface area contributed by atoms with Crippen molar-refractivity contribution in [3.05, 3.63) is 0 Å². The number of nitrogens with zero attached hydrogens (tertiary/aromatic N) is 1. The summed E-state index contributed by atoms with van der Waals surface area (Å²) < 4.78 is 5.40. The summed E-state index contributed by atoms with van der Waals surface area (Å²) in [7, 11) is 2.03. The van der Waals surface area contributed by atoms with Gasteiger partial charge in [-0.05, 0) is 32.4 Å². The number of rotatable bonds is 6. The van der Waals surface area contributed by atoms with Crippen LogP contribution in [0.3, 0.4) is 0 Å². The molecular formula is C12H26N2O. The second-order valence-electron chi connectivity index (χ2n) is 4.82. The van der Waals surface area contributed by atoms with Crippen LogP contribution in [0.2, 0.25) is 0 Å². The lowest BCUT2D eigenvalue weighted by Crippen LogP contribution is -2.45. The summed E-state index contributed by atoms with van der Waals surface area (Å²) >= 11 is 0. The van der Waals surface area contributed by atoms with Crippen LogP contribution in [0.5, 0.6) is 0 Å². The van der Waals surface area contributed by atoms with Crippen LogP contribution in [-0.2, 0) is 4.74 Å². The first-order valence-electron chi connectivity index (χ1n) is 6.20. The Morgan fingerprint density at radius 3 is 2.47 bits per heavy atom. The zero-order chi connectivity index (χ0) is 11.1. The highest BCUT2D eigenvalue weighted by Crippen LogP contribution is 2.15. The first-order valence-corrected chi connectivity index (χ1v) is 6.20. The Labute approximate surface area is 94.2 Å². The fraction of sp³-hybridized carbons (Fsp3) is 1.00. The van der Waals surface area contributed by atoms with Crippen LogP contribution in [0.15, 0.2) is 0 Å². The van der Waals surface area contributed by atoms with E-state index in [0.29, 0.717) is 0 Å². The number of hydrogen-bond donors (Lipinski definition) is 1. The summed E-state index contributed by atoms with van der Waals surface area (Å²) in [6, 6.07) is 0.737. The normalized spacial score (nSPS) is 20.8. The van der Waals surface area contributed by atoms with Gasteiger partial charge in [-0.15, -0.1) is 0 Å². The summed E-state index contributed by atoms with van der Waals surface area (Å²) in [6.45, 7) is 9.79. The molecule has 1 atom stereocenters. The van der Waals surface area contributed by atoms with Gasteiger partial charge in [-0.1, -0.05) is 13.8 Å². The smallest absolute Gasteiger partial charge is 0.0594 e. The van der Waals surface area contributed by atoms with Crippen LogP contribution >= 0.6 is 0 Å². The quantitative estimate of drug-likeness (QED) is 0.722. The third kappa shape index (κ3) is 4.96. The predicted octanol–water partition coefficient (Wildman–Crippen LogP) is 1.34. The van der Waals surface area contributed by atoms with Crippen molar-refractivity contribution >= 4 is 0 Å². The molecule has 3 heteroatoms. The predicted molar refractivity (Wildman–Crippen MR) is 64.2 cm³/mol. The zero-order valence-corrected chi connectivity index (χ0v) is 10.5. The lowest BCUT2D eigenvalue weighted by Gasteiger charge is -2.35. The van der Waals surface area contributed by atoms with E-state index in [9.17, 15) is 0 Å². The van der Waals surface area contributed by atoms with E-state index in [4.69, 9.17) is 4.74 Å². The first kappa shape index (κ1) is 12.9. The highest BCUT2D eigenvalue weighted by molar-refractivity contribution is 4.75. The molecule has 0 amide bonds. The van der Waals surface area contributed by atoms with Crippen molar-refractivity contribution in [3.8, 4) is 0 Å². The third-order valence-corrected chi connectivity index (χ3v) is 3.03. The molecule has 0 aromatic carbocycles. The van der Waals surface area contributed by atoms with Crippen molar-refractivity contribution in [2.45, 2.75) is 32.7 Å². The molecule has 0 aromatic rings. The van der Waals surface area contributed by atoms with Gasteiger partial charge in [-0.25, -0.2) is 0 Å². The summed E-state index contributed by atoms with van der Waals surface area (Å²) in [5.41, 5.74) is 0. The van der Waals surface area contributed by atoms with Gasteiger partial charge in [0, 0.05) is 19.1 Å². The van der Waals surface area contributed by atoms with E-state index < -0.39 is 0 Å². The Morgan fingerprint density at radius 1 is 1.27 bits per heavy atom. The van der Waals surface area contributed by atoms with Gasteiger partial charge in [0.1, 0.15) is 0 Å². The molecule has 1 aliphatic rings. The van der Waals surface area contributed by atoms with Crippen molar-refractivity contribution in [2.75, 3.05) is 39.9 Å². The fourth-order valence-electron chi connectivity index (χ4n) is 2.25. The van der Waals surface area contributed by atoms with E-state index in [1.807, 2.05) is 7.05 Å². The number of nitrogens with one attached hydrogen (secondary N) is 1. The maximum Gasteiger partial charge on any atom is 0.0594 e. The Kier molecular flexibility index (Phi) is 6.22. The van der Waals surface area contributed by atoms with Crippen molar-refractivity contribution in [1.82, 2.24) is 10.2 Å². The van der Waals surface area contributed by atoms with Gasteiger partial charge >= 0.3 is 0 Å². The molecule has 1 aliphatic heterocycles. The van der Waals surface area contributed by atoms with Crippen LogP contribution in [0.4, 0.5) is 0 Å². The molecule has 0 radical (unpaired) electrons. The van der Waals surface area contributed by atoms with Crippen LogP contribution in [-0.4, -0.2) is 50.8 Å². The molecule has 1 N–H and O–H groups in total. The van der Waals surface area contributed by atoms with Gasteiger partial charge in [-0.3, -0.25) is 4.90 Å². The zero-order valence-electron chi connectivity index (χ0n) is 10.5. The summed E-state index contributed by atoms with van der Waals surface area (Å²) in [5, 5.41) is 3.25. The summed E-state index contributed by atoms with van der Waals surface area (Å²) in [6.07, 6.45) is 2.57. The Morgan fingerprint density at radius 2 is 1.93 bits per heavy atom. The maximum absolute atomic E-state index is 5.40. The van der Waals surface area contributed by atoms with Crippen molar-refractivity contribution in [2.24, 2.45) is 5.92 Å². The second kappa shape index (κ2) is 7.20. The molecule has 0 saturated carbocycles. The standard InChI is InChI=1S/C12H26N2O/c1-11(2)10-12(4-5-13-3)14-6-8-15-9-7-14/h11-13H,4-10H2,1-3H3.